The molecule has 0 saturated heterocycles. The van der Waals surface area contributed by atoms with Crippen LogP contribution in [0.15, 0.2) is 70.5 Å². The van der Waals surface area contributed by atoms with Crippen molar-refractivity contribution >= 4 is 34.3 Å². The first kappa shape index (κ1) is 28.1. The second kappa shape index (κ2) is 10.7. The molecule has 0 fully saturated rings. The van der Waals surface area contributed by atoms with Crippen LogP contribution in [0.2, 0.25) is 0 Å². The van der Waals surface area contributed by atoms with Crippen LogP contribution in [0.25, 0.3) is 10.9 Å². The number of aromatic nitrogens is 1. The van der Waals surface area contributed by atoms with Gasteiger partial charge in [0.1, 0.15) is 0 Å². The highest BCUT2D eigenvalue weighted by atomic mass is 32.2. The predicted molar refractivity (Wildman–Crippen MR) is 135 cm³/mol. The summed E-state index contributed by atoms with van der Waals surface area (Å²) >= 11 is 1.39. The fourth-order valence-corrected chi connectivity index (χ4v) is 4.61. The van der Waals surface area contributed by atoms with Crippen LogP contribution in [0.5, 0.6) is 11.5 Å². The number of ether oxygens (including phenoxy) is 2. The molecule has 0 aliphatic rings. The van der Waals surface area contributed by atoms with E-state index in [9.17, 15) is 31.1 Å². The van der Waals surface area contributed by atoms with Crippen LogP contribution in [0.1, 0.15) is 27.2 Å². The van der Waals surface area contributed by atoms with Gasteiger partial charge in [-0.25, -0.2) is 0 Å². The molecule has 204 valence electrons. The van der Waals surface area contributed by atoms with Gasteiger partial charge in [0, 0.05) is 32.5 Å². The Bertz CT molecular complexity index is 1500. The first-order valence-electron chi connectivity index (χ1n) is 11.2. The Labute approximate surface area is 223 Å². The molecule has 0 aliphatic carbocycles. The van der Waals surface area contributed by atoms with Gasteiger partial charge in [-0.1, -0.05) is 11.8 Å². The van der Waals surface area contributed by atoms with E-state index in [1.807, 2.05) is 13.0 Å². The number of pyridine rings is 1. The van der Waals surface area contributed by atoms with Gasteiger partial charge >= 0.3 is 12.4 Å². The smallest absolute Gasteiger partial charge is 0.416 e. The summed E-state index contributed by atoms with van der Waals surface area (Å²) in [6.45, 7) is 1.84. The summed E-state index contributed by atoms with van der Waals surface area (Å²) in [5.41, 5.74) is -2.23. The number of carbonyl (C=O) groups is 1. The Balaban J connectivity index is 1.54. The van der Waals surface area contributed by atoms with Crippen molar-refractivity contribution in [3.8, 4) is 11.5 Å². The minimum atomic E-state index is -5.05. The van der Waals surface area contributed by atoms with E-state index >= 15 is 0 Å². The highest BCUT2D eigenvalue weighted by molar-refractivity contribution is 7.99. The molecule has 1 amide bonds. The van der Waals surface area contributed by atoms with Crippen molar-refractivity contribution < 1.29 is 40.6 Å². The number of nitrogens with one attached hydrogen (secondary N) is 1. The van der Waals surface area contributed by atoms with Crippen molar-refractivity contribution in [2.75, 3.05) is 19.5 Å². The van der Waals surface area contributed by atoms with E-state index in [1.165, 1.54) is 38.1 Å². The van der Waals surface area contributed by atoms with Crippen molar-refractivity contribution in [1.82, 2.24) is 4.98 Å². The maximum Gasteiger partial charge on any atom is 0.416 e. The number of anilines is 1. The molecule has 1 heterocycles. The summed E-state index contributed by atoms with van der Waals surface area (Å²) in [4.78, 5) is 18.8. The fraction of sp³-hybridized carbons (Fsp3) is 0.185. The summed E-state index contributed by atoms with van der Waals surface area (Å²) < 4.78 is 89.4. The first-order chi connectivity index (χ1) is 18.3. The zero-order chi connectivity index (χ0) is 28.5. The number of benzene rings is 3. The molecule has 0 spiro atoms. The van der Waals surface area contributed by atoms with E-state index in [1.54, 1.807) is 24.3 Å². The summed E-state index contributed by atoms with van der Waals surface area (Å²) in [6, 6.07) is 12.6. The maximum absolute atomic E-state index is 13.1. The number of aryl methyl sites for hydroxylation is 1. The van der Waals surface area contributed by atoms with Crippen LogP contribution < -0.4 is 14.8 Å². The van der Waals surface area contributed by atoms with Gasteiger partial charge in [0.05, 0.1) is 36.6 Å². The monoisotopic (exact) mass is 566 g/mol. The van der Waals surface area contributed by atoms with Gasteiger partial charge < -0.3 is 14.8 Å². The Morgan fingerprint density at radius 2 is 1.38 bits per heavy atom. The molecule has 1 aromatic heterocycles. The van der Waals surface area contributed by atoms with Crippen molar-refractivity contribution in [1.29, 1.82) is 0 Å². The molecule has 4 rings (SSSR count). The SMILES string of the molecule is COc1cc2cc(Sc3ccc(NC(=O)c4cc(C(F)(F)F)cc(C(F)(F)F)c4)cc3)c(C)nc2cc1OC. The number of hydrogen-bond acceptors (Lipinski definition) is 5. The molecular weight excluding hydrogens is 546 g/mol. The molecule has 0 radical (unpaired) electrons. The normalized spacial score (nSPS) is 11.9. The number of alkyl halides is 6. The minimum absolute atomic E-state index is 0.0288. The van der Waals surface area contributed by atoms with Gasteiger partial charge in [0.15, 0.2) is 11.5 Å². The van der Waals surface area contributed by atoms with Crippen LogP contribution in [-0.2, 0) is 12.4 Å². The largest absolute Gasteiger partial charge is 0.493 e. The third-order valence-electron chi connectivity index (χ3n) is 5.65. The molecule has 4 aromatic rings. The van der Waals surface area contributed by atoms with E-state index in [4.69, 9.17) is 9.47 Å². The summed E-state index contributed by atoms with van der Waals surface area (Å²) in [5.74, 6) is -0.00419. The fourth-order valence-electron chi connectivity index (χ4n) is 3.70. The number of hydrogen-bond donors (Lipinski definition) is 1. The predicted octanol–water partition coefficient (Wildman–Crippen LogP) is 8.00. The molecule has 1 N–H and O–H groups in total. The second-order valence-electron chi connectivity index (χ2n) is 8.35. The first-order valence-corrected chi connectivity index (χ1v) is 12.0. The average molecular weight is 567 g/mol. The maximum atomic E-state index is 13.1. The molecule has 0 atom stereocenters. The molecule has 0 bridgehead atoms. The number of halogens is 6. The van der Waals surface area contributed by atoms with Gasteiger partial charge in [-0.2, -0.15) is 26.3 Å². The lowest BCUT2D eigenvalue weighted by molar-refractivity contribution is -0.143. The quantitative estimate of drug-likeness (QED) is 0.240. The van der Waals surface area contributed by atoms with Crippen LogP contribution in [0, 0.1) is 6.92 Å². The molecule has 0 saturated carbocycles. The lowest BCUT2D eigenvalue weighted by Gasteiger charge is -2.14. The Kier molecular flexibility index (Phi) is 7.69. The molecule has 12 heteroatoms. The van der Waals surface area contributed by atoms with Gasteiger partial charge in [0.25, 0.3) is 5.91 Å². The highest BCUT2D eigenvalue weighted by Gasteiger charge is 2.37. The van der Waals surface area contributed by atoms with Crippen molar-refractivity contribution in [3.63, 3.8) is 0 Å². The molecule has 5 nitrogen and oxygen atoms in total. The van der Waals surface area contributed by atoms with E-state index < -0.39 is 35.0 Å². The summed E-state index contributed by atoms with van der Waals surface area (Å²) in [5, 5.41) is 3.17. The Hall–Kier alpha value is -3.93. The molecule has 3 aromatic carbocycles. The number of amides is 1. The zero-order valence-electron chi connectivity index (χ0n) is 20.6. The third-order valence-corrected chi connectivity index (χ3v) is 6.80. The Morgan fingerprint density at radius 1 is 0.821 bits per heavy atom. The van der Waals surface area contributed by atoms with E-state index in [0.717, 1.165) is 26.4 Å². The molecule has 0 unspecified atom stereocenters. The highest BCUT2D eigenvalue weighted by Crippen LogP contribution is 2.38. The third kappa shape index (κ3) is 6.39. The lowest BCUT2D eigenvalue weighted by Crippen LogP contribution is -2.17. The number of rotatable bonds is 6. The topological polar surface area (TPSA) is 60.5 Å². The van der Waals surface area contributed by atoms with Crippen molar-refractivity contribution in [2.24, 2.45) is 0 Å². The van der Waals surface area contributed by atoms with Crippen molar-refractivity contribution in [3.05, 3.63) is 83.0 Å². The zero-order valence-corrected chi connectivity index (χ0v) is 21.4. The Morgan fingerprint density at radius 3 is 1.92 bits per heavy atom. The number of nitrogens with zero attached hydrogens (tertiary/aromatic N) is 1. The molecule has 0 aliphatic heterocycles. The van der Waals surface area contributed by atoms with Gasteiger partial charge in [-0.15, -0.1) is 0 Å². The van der Waals surface area contributed by atoms with E-state index in [2.05, 4.69) is 10.3 Å². The average Bonchev–Trinajstić information content (AvgIpc) is 2.88. The number of carbonyl (C=O) groups excluding carboxylic acids is 1. The summed E-state index contributed by atoms with van der Waals surface area (Å²) in [7, 11) is 3.07. The lowest BCUT2D eigenvalue weighted by atomic mass is 10.0. The van der Waals surface area contributed by atoms with Crippen LogP contribution in [0.4, 0.5) is 32.0 Å². The van der Waals surface area contributed by atoms with Crippen molar-refractivity contribution in [2.45, 2.75) is 29.1 Å². The number of fused-ring (bicyclic) bond motifs is 1. The van der Waals surface area contributed by atoms with Gasteiger partial charge in [-0.3, -0.25) is 9.78 Å². The standard InChI is InChI=1S/C27H20F6N2O3S/c1-14-24(11-15-10-22(37-2)23(38-3)13-21(15)34-14)39-20-6-4-19(5-7-20)35-25(36)16-8-17(26(28,29)30)12-18(9-16)27(31,32)33/h4-13H,1-3H3,(H,35,36). The number of methoxy groups -OCH3 is 2. The molecule has 39 heavy (non-hydrogen) atoms. The van der Waals surface area contributed by atoms with E-state index in [-0.39, 0.29) is 11.8 Å². The van der Waals surface area contributed by atoms with Crippen LogP contribution in [0.3, 0.4) is 0 Å². The second-order valence-corrected chi connectivity index (χ2v) is 9.46. The van der Waals surface area contributed by atoms with Crippen LogP contribution >= 0.6 is 11.8 Å². The van der Waals surface area contributed by atoms with Crippen LogP contribution in [-0.4, -0.2) is 25.1 Å². The summed E-state index contributed by atoms with van der Waals surface area (Å²) in [6.07, 6.45) is -10.1. The molecular formula is C27H20F6N2O3S. The van der Waals surface area contributed by atoms with E-state index in [0.29, 0.717) is 23.6 Å². The minimum Gasteiger partial charge on any atom is -0.493 e. The van der Waals surface area contributed by atoms with Gasteiger partial charge in [0.2, 0.25) is 0 Å². The van der Waals surface area contributed by atoms with Gasteiger partial charge in [-0.05, 0) is 61.5 Å².